The molecule has 0 bridgehead atoms. The van der Waals surface area contributed by atoms with Gasteiger partial charge in [-0.3, -0.25) is 4.79 Å². The van der Waals surface area contributed by atoms with Gasteiger partial charge in [-0.05, 0) is 69.2 Å². The molecule has 1 amide bonds. The second-order valence-corrected chi connectivity index (χ2v) is 7.80. The summed E-state index contributed by atoms with van der Waals surface area (Å²) in [4.78, 5) is 18.5. The summed E-state index contributed by atoms with van der Waals surface area (Å²) in [6.45, 7) is 1.07. The lowest BCUT2D eigenvalue weighted by molar-refractivity contribution is -0.110. The molecule has 0 spiro atoms. The quantitative estimate of drug-likeness (QED) is 0.540. The molecule has 0 fully saturated rings. The molecule has 2 heterocycles. The molecular weight excluding hydrogens is 362 g/mol. The van der Waals surface area contributed by atoms with E-state index in [9.17, 15) is 9.90 Å². The number of aromatic nitrogens is 1. The highest BCUT2D eigenvalue weighted by Crippen LogP contribution is 2.37. The van der Waals surface area contributed by atoms with Crippen LogP contribution in [0.5, 0.6) is 0 Å². The Morgan fingerprint density at radius 2 is 1.90 bits per heavy atom. The zero-order chi connectivity index (χ0) is 20.4. The van der Waals surface area contributed by atoms with Gasteiger partial charge in [-0.1, -0.05) is 30.3 Å². The van der Waals surface area contributed by atoms with Crippen molar-refractivity contribution in [2.75, 3.05) is 32.6 Å². The maximum absolute atomic E-state index is 12.8. The minimum absolute atomic E-state index is 0.0557. The minimum atomic E-state index is -0.0942. The number of aromatic amines is 1. The molecule has 0 saturated carbocycles. The van der Waals surface area contributed by atoms with Crippen LogP contribution in [-0.4, -0.2) is 48.1 Å². The van der Waals surface area contributed by atoms with Gasteiger partial charge in [0.15, 0.2) is 0 Å². The van der Waals surface area contributed by atoms with Crippen molar-refractivity contribution in [1.82, 2.24) is 9.88 Å². The van der Waals surface area contributed by atoms with Crippen LogP contribution in [0.3, 0.4) is 0 Å². The number of para-hydroxylation sites is 1. The number of rotatable bonds is 7. The van der Waals surface area contributed by atoms with Crippen molar-refractivity contribution >= 4 is 34.1 Å². The number of benzene rings is 2. The predicted molar refractivity (Wildman–Crippen MR) is 119 cm³/mol. The minimum Gasteiger partial charge on any atom is -0.396 e. The Kier molecular flexibility index (Phi) is 5.51. The van der Waals surface area contributed by atoms with Gasteiger partial charge < -0.3 is 20.3 Å². The van der Waals surface area contributed by atoms with Gasteiger partial charge in [-0.15, -0.1) is 0 Å². The fourth-order valence-corrected chi connectivity index (χ4v) is 4.12. The highest BCUT2D eigenvalue weighted by Gasteiger charge is 2.27. The van der Waals surface area contributed by atoms with E-state index in [4.69, 9.17) is 0 Å². The van der Waals surface area contributed by atoms with Crippen LogP contribution in [0.25, 0.3) is 22.6 Å². The van der Waals surface area contributed by atoms with Crippen LogP contribution >= 0.6 is 0 Å². The lowest BCUT2D eigenvalue weighted by Gasteiger charge is -2.10. The number of fused-ring (bicyclic) bond motifs is 2. The van der Waals surface area contributed by atoms with Crippen LogP contribution < -0.4 is 5.32 Å². The Bertz CT molecular complexity index is 1080. The lowest BCUT2D eigenvalue weighted by Crippen LogP contribution is -2.13. The number of anilines is 1. The normalized spacial score (nSPS) is 14.8. The molecule has 3 aromatic rings. The number of aliphatic hydroxyl groups excluding tert-OH is 1. The van der Waals surface area contributed by atoms with Gasteiger partial charge in [0, 0.05) is 34.5 Å². The molecule has 4 rings (SSSR count). The molecule has 1 aliphatic rings. The van der Waals surface area contributed by atoms with E-state index in [0.29, 0.717) is 12.0 Å². The van der Waals surface area contributed by atoms with E-state index in [2.05, 4.69) is 47.5 Å². The van der Waals surface area contributed by atoms with E-state index in [0.717, 1.165) is 47.4 Å². The van der Waals surface area contributed by atoms with Gasteiger partial charge in [0.1, 0.15) is 0 Å². The van der Waals surface area contributed by atoms with Crippen molar-refractivity contribution in [1.29, 1.82) is 0 Å². The Labute approximate surface area is 171 Å². The number of aryl methyl sites for hydroxylation is 1. The van der Waals surface area contributed by atoms with E-state index >= 15 is 0 Å². The summed E-state index contributed by atoms with van der Waals surface area (Å²) in [6, 6.07) is 14.1. The zero-order valence-corrected chi connectivity index (χ0v) is 17.0. The Morgan fingerprint density at radius 3 is 2.69 bits per heavy atom. The fraction of sp³-hybridized carbons (Fsp3) is 0.292. The zero-order valence-electron chi connectivity index (χ0n) is 17.0. The first-order chi connectivity index (χ1) is 14.1. The average molecular weight is 389 g/mol. The average Bonchev–Trinajstić information content (AvgIpc) is 3.20. The molecule has 29 heavy (non-hydrogen) atoms. The smallest absolute Gasteiger partial charge is 0.256 e. The molecule has 1 aliphatic heterocycles. The summed E-state index contributed by atoms with van der Waals surface area (Å²) >= 11 is 0. The molecule has 2 aromatic carbocycles. The van der Waals surface area contributed by atoms with E-state index in [-0.39, 0.29) is 12.5 Å². The van der Waals surface area contributed by atoms with Gasteiger partial charge in [0.05, 0.1) is 5.57 Å². The highest BCUT2D eigenvalue weighted by atomic mass is 16.3. The number of amides is 1. The van der Waals surface area contributed by atoms with Crippen LogP contribution in [0.15, 0.2) is 42.5 Å². The van der Waals surface area contributed by atoms with Crippen LogP contribution in [0.4, 0.5) is 5.69 Å². The number of hydrogen-bond donors (Lipinski definition) is 3. The van der Waals surface area contributed by atoms with E-state index in [1.807, 2.05) is 30.3 Å². The molecule has 1 aromatic heterocycles. The maximum Gasteiger partial charge on any atom is 0.256 e. The van der Waals surface area contributed by atoms with Crippen molar-refractivity contribution in [3.8, 4) is 0 Å². The summed E-state index contributed by atoms with van der Waals surface area (Å²) in [5, 5.41) is 13.6. The van der Waals surface area contributed by atoms with Crippen LogP contribution in [0.2, 0.25) is 0 Å². The molecule has 0 radical (unpaired) electrons. The molecule has 0 atom stereocenters. The third-order valence-corrected chi connectivity index (χ3v) is 5.46. The highest BCUT2D eigenvalue weighted by molar-refractivity contribution is 6.35. The number of carbonyl (C=O) groups is 1. The molecule has 5 nitrogen and oxygen atoms in total. The van der Waals surface area contributed by atoms with Crippen molar-refractivity contribution in [2.45, 2.75) is 19.3 Å². The van der Waals surface area contributed by atoms with Gasteiger partial charge in [-0.2, -0.15) is 0 Å². The second-order valence-electron chi connectivity index (χ2n) is 7.80. The monoisotopic (exact) mass is 389 g/mol. The standard InChI is InChI=1S/C24H27N3O2/c1-27(2)13-6-9-18-17-8-3-4-10-20(17)25-22(18)15-19-23-16(12-14-28)7-5-11-21(23)26-24(19)29/h3-5,7-8,10-11,15,25,28H,6,9,12-14H2,1-2H3,(H,26,29)/b19-15-. The third kappa shape index (κ3) is 3.84. The Morgan fingerprint density at radius 1 is 1.07 bits per heavy atom. The topological polar surface area (TPSA) is 68.4 Å². The van der Waals surface area contributed by atoms with Crippen molar-refractivity contribution < 1.29 is 9.90 Å². The van der Waals surface area contributed by atoms with E-state index in [1.54, 1.807) is 0 Å². The van der Waals surface area contributed by atoms with Crippen LogP contribution in [-0.2, 0) is 17.6 Å². The van der Waals surface area contributed by atoms with E-state index in [1.165, 1.54) is 10.9 Å². The summed E-state index contributed by atoms with van der Waals surface area (Å²) < 4.78 is 0. The summed E-state index contributed by atoms with van der Waals surface area (Å²) in [5.41, 5.74) is 6.69. The van der Waals surface area contributed by atoms with Crippen LogP contribution in [0, 0.1) is 0 Å². The maximum atomic E-state index is 12.8. The molecule has 0 unspecified atom stereocenters. The molecule has 0 saturated heterocycles. The summed E-state index contributed by atoms with van der Waals surface area (Å²) in [6.07, 6.45) is 4.49. The van der Waals surface area contributed by atoms with E-state index < -0.39 is 0 Å². The van der Waals surface area contributed by atoms with Gasteiger partial charge in [0.25, 0.3) is 5.91 Å². The fourth-order valence-electron chi connectivity index (χ4n) is 4.12. The second kappa shape index (κ2) is 8.23. The molecule has 5 heteroatoms. The molecule has 150 valence electrons. The molecular formula is C24H27N3O2. The summed E-state index contributed by atoms with van der Waals surface area (Å²) in [5.74, 6) is -0.0942. The van der Waals surface area contributed by atoms with Crippen molar-refractivity contribution in [3.05, 3.63) is 64.8 Å². The first kappa shape index (κ1) is 19.4. The number of nitrogens with zero attached hydrogens (tertiary/aromatic N) is 1. The van der Waals surface area contributed by atoms with Crippen molar-refractivity contribution in [2.24, 2.45) is 0 Å². The van der Waals surface area contributed by atoms with Crippen LogP contribution in [0.1, 0.15) is 28.8 Å². The third-order valence-electron chi connectivity index (χ3n) is 5.46. The predicted octanol–water partition coefficient (Wildman–Crippen LogP) is 3.69. The largest absolute Gasteiger partial charge is 0.396 e. The molecule has 3 N–H and O–H groups in total. The van der Waals surface area contributed by atoms with Gasteiger partial charge in [-0.25, -0.2) is 0 Å². The van der Waals surface area contributed by atoms with Crippen molar-refractivity contribution in [3.63, 3.8) is 0 Å². The number of nitrogens with one attached hydrogen (secondary N) is 2. The number of carbonyl (C=O) groups excluding carboxylic acids is 1. The number of H-pyrrole nitrogens is 1. The lowest BCUT2D eigenvalue weighted by atomic mass is 9.96. The summed E-state index contributed by atoms with van der Waals surface area (Å²) in [7, 11) is 4.17. The first-order valence-corrected chi connectivity index (χ1v) is 10.1. The first-order valence-electron chi connectivity index (χ1n) is 10.1. The van der Waals surface area contributed by atoms with Gasteiger partial charge >= 0.3 is 0 Å². The number of hydrogen-bond acceptors (Lipinski definition) is 3. The molecule has 0 aliphatic carbocycles. The Hall–Kier alpha value is -2.89. The SMILES string of the molecule is CN(C)CCCc1c(/C=C2\C(=O)Nc3cccc(CCO)c32)[nH]c2ccccc12. The Balaban J connectivity index is 1.80. The van der Waals surface area contributed by atoms with Gasteiger partial charge in [0.2, 0.25) is 0 Å². The number of aliphatic hydroxyl groups is 1.